The van der Waals surface area contributed by atoms with Crippen LogP contribution in [0, 0.1) is 13.8 Å². The van der Waals surface area contributed by atoms with Crippen LogP contribution in [0.2, 0.25) is 0 Å². The fourth-order valence-corrected chi connectivity index (χ4v) is 5.45. The van der Waals surface area contributed by atoms with Crippen molar-refractivity contribution < 1.29 is 18.0 Å². The summed E-state index contributed by atoms with van der Waals surface area (Å²) >= 11 is 0. The smallest absolute Gasteiger partial charge is 0.251 e. The zero-order valence-electron chi connectivity index (χ0n) is 18.4. The number of amides is 2. The Morgan fingerprint density at radius 2 is 1.78 bits per heavy atom. The van der Waals surface area contributed by atoms with Crippen LogP contribution in [0.4, 0.5) is 0 Å². The average Bonchev–Trinajstić information content (AvgIpc) is 2.77. The normalized spacial score (nSPS) is 16.9. The van der Waals surface area contributed by atoms with Crippen LogP contribution in [0.5, 0.6) is 0 Å². The Morgan fingerprint density at radius 1 is 1.12 bits per heavy atom. The Kier molecular flexibility index (Phi) is 7.48. The molecule has 2 amide bonds. The van der Waals surface area contributed by atoms with Gasteiger partial charge in [0.25, 0.3) is 5.91 Å². The summed E-state index contributed by atoms with van der Waals surface area (Å²) in [5.41, 5.74) is 3.67. The first-order valence-electron chi connectivity index (χ1n) is 10.6. The molecule has 2 aromatic carbocycles. The number of rotatable bonds is 7. The molecule has 1 saturated heterocycles. The van der Waals surface area contributed by atoms with Gasteiger partial charge in [0, 0.05) is 31.2 Å². The first-order valence-corrected chi connectivity index (χ1v) is 12.0. The lowest BCUT2D eigenvalue weighted by molar-refractivity contribution is -0.117. The van der Waals surface area contributed by atoms with E-state index in [-0.39, 0.29) is 29.3 Å². The van der Waals surface area contributed by atoms with Crippen molar-refractivity contribution in [3.63, 3.8) is 0 Å². The number of hydrogen-bond acceptors (Lipinski definition) is 4. The zero-order chi connectivity index (χ0) is 23.3. The molecule has 1 fully saturated rings. The summed E-state index contributed by atoms with van der Waals surface area (Å²) in [5, 5.41) is 5.64. The van der Waals surface area contributed by atoms with E-state index in [1.807, 2.05) is 26.0 Å². The number of carbonyl (C=O) groups excluding carboxylic acids is 2. The largest absolute Gasteiger partial charge is 0.349 e. The maximum atomic E-state index is 13.0. The molecule has 0 radical (unpaired) electrons. The lowest BCUT2D eigenvalue weighted by Gasteiger charge is -2.32. The van der Waals surface area contributed by atoms with Crippen molar-refractivity contribution >= 4 is 21.8 Å². The van der Waals surface area contributed by atoms with Crippen LogP contribution in [0.25, 0.3) is 0 Å². The van der Waals surface area contributed by atoms with E-state index >= 15 is 0 Å². The van der Waals surface area contributed by atoms with Crippen LogP contribution in [0.1, 0.15) is 39.9 Å². The van der Waals surface area contributed by atoms with Crippen LogP contribution in [-0.4, -0.2) is 43.7 Å². The van der Waals surface area contributed by atoms with E-state index in [4.69, 9.17) is 0 Å². The molecule has 2 aromatic rings. The summed E-state index contributed by atoms with van der Waals surface area (Å²) in [6.07, 6.45) is 2.54. The maximum Gasteiger partial charge on any atom is 0.251 e. The highest BCUT2D eigenvalue weighted by Crippen LogP contribution is 2.21. The molecule has 170 valence electrons. The Balaban J connectivity index is 1.65. The minimum atomic E-state index is -3.72. The third kappa shape index (κ3) is 5.83. The van der Waals surface area contributed by atoms with E-state index in [0.717, 1.165) is 16.7 Å². The van der Waals surface area contributed by atoms with E-state index in [1.165, 1.54) is 34.6 Å². The lowest BCUT2D eigenvalue weighted by atomic mass is 10.1. The fourth-order valence-electron chi connectivity index (χ4n) is 3.92. The van der Waals surface area contributed by atoms with Gasteiger partial charge in [0.05, 0.1) is 4.90 Å². The number of carbonyl (C=O) groups is 2. The van der Waals surface area contributed by atoms with Crippen LogP contribution in [0.3, 0.4) is 0 Å². The fraction of sp³-hybridized carbons (Fsp3) is 0.333. The predicted molar refractivity (Wildman–Crippen MR) is 124 cm³/mol. The van der Waals surface area contributed by atoms with E-state index in [9.17, 15) is 18.0 Å². The molecule has 1 aliphatic rings. The third-order valence-electron chi connectivity index (χ3n) is 5.40. The van der Waals surface area contributed by atoms with Gasteiger partial charge in [-0.2, -0.15) is 4.31 Å². The first kappa shape index (κ1) is 23.7. The topological polar surface area (TPSA) is 95.6 Å². The number of sulfonamides is 1. The molecule has 0 spiro atoms. The Bertz CT molecular complexity index is 1090. The van der Waals surface area contributed by atoms with Crippen molar-refractivity contribution in [3.8, 4) is 0 Å². The summed E-state index contributed by atoms with van der Waals surface area (Å²) in [5.74, 6) is -0.580. The molecule has 1 aliphatic heterocycles. The molecule has 0 bridgehead atoms. The zero-order valence-corrected chi connectivity index (χ0v) is 19.2. The molecule has 1 heterocycles. The van der Waals surface area contributed by atoms with E-state index in [0.29, 0.717) is 31.5 Å². The Labute approximate surface area is 189 Å². The molecule has 32 heavy (non-hydrogen) atoms. The lowest BCUT2D eigenvalue weighted by Crippen LogP contribution is -2.49. The van der Waals surface area contributed by atoms with Gasteiger partial charge in [0.1, 0.15) is 0 Å². The van der Waals surface area contributed by atoms with Crippen LogP contribution in [0.15, 0.2) is 60.0 Å². The van der Waals surface area contributed by atoms with Crippen molar-refractivity contribution in [2.75, 3.05) is 13.1 Å². The van der Waals surface area contributed by atoms with Gasteiger partial charge in [-0.05, 0) is 62.6 Å². The highest BCUT2D eigenvalue weighted by atomic mass is 32.2. The predicted octanol–water partition coefficient (Wildman–Crippen LogP) is 2.69. The highest BCUT2D eigenvalue weighted by molar-refractivity contribution is 7.89. The number of aryl methyl sites for hydroxylation is 2. The summed E-state index contributed by atoms with van der Waals surface area (Å²) < 4.78 is 27.4. The van der Waals surface area contributed by atoms with Crippen LogP contribution < -0.4 is 10.6 Å². The number of nitrogens with zero attached hydrogens (tertiary/aromatic N) is 1. The van der Waals surface area contributed by atoms with Crippen molar-refractivity contribution in [1.82, 2.24) is 14.9 Å². The van der Waals surface area contributed by atoms with E-state index < -0.39 is 10.0 Å². The second kappa shape index (κ2) is 10.1. The first-order chi connectivity index (χ1) is 15.2. The Morgan fingerprint density at radius 3 is 2.41 bits per heavy atom. The number of nitrogens with one attached hydrogen (secondary N) is 2. The number of hydrogen-bond donors (Lipinski definition) is 2. The molecule has 8 heteroatoms. The second-order valence-electron chi connectivity index (χ2n) is 8.12. The number of benzene rings is 2. The molecule has 1 atom stereocenters. The van der Waals surface area contributed by atoms with Crippen molar-refractivity contribution in [3.05, 3.63) is 77.4 Å². The minimum Gasteiger partial charge on any atom is -0.349 e. The van der Waals surface area contributed by atoms with Gasteiger partial charge in [0.2, 0.25) is 15.9 Å². The third-order valence-corrected chi connectivity index (χ3v) is 7.28. The van der Waals surface area contributed by atoms with Gasteiger partial charge in [-0.25, -0.2) is 8.42 Å². The molecule has 0 unspecified atom stereocenters. The molecule has 7 nitrogen and oxygen atoms in total. The molecule has 0 aromatic heterocycles. The molecule has 0 saturated carbocycles. The average molecular weight is 456 g/mol. The second-order valence-corrected chi connectivity index (χ2v) is 10.1. The van der Waals surface area contributed by atoms with Crippen molar-refractivity contribution in [2.45, 2.75) is 44.2 Å². The standard InChI is InChI=1S/C24H29N3O4S/c1-4-23(28)26-21-6-5-11-27(16-21)32(30,31)22-9-7-20(8-10-22)24(29)25-15-19-13-17(2)12-18(3)14-19/h4,7-10,12-14,21H,1,5-6,11,15-16H2,2-3H3,(H,25,29)(H,26,28)/t21-/m0/s1. The van der Waals surface area contributed by atoms with Gasteiger partial charge < -0.3 is 10.6 Å². The molecule has 3 rings (SSSR count). The van der Waals surface area contributed by atoms with Gasteiger partial charge >= 0.3 is 0 Å². The van der Waals surface area contributed by atoms with Crippen molar-refractivity contribution in [2.24, 2.45) is 0 Å². The summed E-state index contributed by atoms with van der Waals surface area (Å²) in [7, 11) is -3.72. The maximum absolute atomic E-state index is 13.0. The van der Waals surface area contributed by atoms with Gasteiger partial charge in [-0.3, -0.25) is 9.59 Å². The van der Waals surface area contributed by atoms with Gasteiger partial charge in [-0.15, -0.1) is 0 Å². The quantitative estimate of drug-likeness (QED) is 0.628. The van der Waals surface area contributed by atoms with Gasteiger partial charge in [0.15, 0.2) is 0 Å². The molecular weight excluding hydrogens is 426 g/mol. The summed E-state index contributed by atoms with van der Waals surface area (Å²) in [4.78, 5) is 24.2. The molecule has 2 N–H and O–H groups in total. The van der Waals surface area contributed by atoms with E-state index in [1.54, 1.807) is 0 Å². The van der Waals surface area contributed by atoms with Crippen LogP contribution >= 0.6 is 0 Å². The Hall–Kier alpha value is -2.97. The number of piperidine rings is 1. The minimum absolute atomic E-state index is 0.124. The van der Waals surface area contributed by atoms with E-state index in [2.05, 4.69) is 23.3 Å². The molecular formula is C24H29N3O4S. The summed E-state index contributed by atoms with van der Waals surface area (Å²) in [6.45, 7) is 8.44. The van der Waals surface area contributed by atoms with Gasteiger partial charge in [-0.1, -0.05) is 35.9 Å². The summed E-state index contributed by atoms with van der Waals surface area (Å²) in [6, 6.07) is 11.8. The van der Waals surface area contributed by atoms with Crippen LogP contribution in [-0.2, 0) is 21.4 Å². The molecule has 0 aliphatic carbocycles. The van der Waals surface area contributed by atoms with Crippen molar-refractivity contribution in [1.29, 1.82) is 0 Å². The SMILES string of the molecule is C=CC(=O)N[C@H]1CCCN(S(=O)(=O)c2ccc(C(=O)NCc3cc(C)cc(C)c3)cc2)C1. The monoisotopic (exact) mass is 455 g/mol. The highest BCUT2D eigenvalue weighted by Gasteiger charge is 2.30.